The highest BCUT2D eigenvalue weighted by molar-refractivity contribution is 5.93. The lowest BCUT2D eigenvalue weighted by Crippen LogP contribution is -1.94. The molecule has 0 saturated carbocycles. The number of imidazole rings is 2. The largest absolute Gasteiger partial charge is 0.472 e. The zero-order valence-electron chi connectivity index (χ0n) is 14.3. The van der Waals surface area contributed by atoms with Crippen LogP contribution >= 0.6 is 0 Å². The Hall–Kier alpha value is -3.61. The third kappa shape index (κ3) is 2.17. The minimum Gasteiger partial charge on any atom is -0.472 e. The first-order valence-corrected chi connectivity index (χ1v) is 8.26. The summed E-state index contributed by atoms with van der Waals surface area (Å²) in [6.07, 6.45) is 5.22. The Bertz CT molecular complexity index is 1210. The second-order valence-corrected chi connectivity index (χ2v) is 6.22. The Morgan fingerprint density at radius 3 is 2.88 bits per heavy atom. The maximum absolute atomic E-state index is 5.21. The highest BCUT2D eigenvalue weighted by Crippen LogP contribution is 2.30. The molecule has 0 amide bonds. The van der Waals surface area contributed by atoms with Gasteiger partial charge in [0.2, 0.25) is 0 Å². The number of benzene rings is 1. The Morgan fingerprint density at radius 1 is 1.19 bits per heavy atom. The van der Waals surface area contributed by atoms with Gasteiger partial charge < -0.3 is 14.0 Å². The van der Waals surface area contributed by atoms with Crippen molar-refractivity contribution in [3.05, 3.63) is 54.9 Å². The number of aromatic nitrogens is 6. The second-order valence-electron chi connectivity index (χ2n) is 6.22. The SMILES string of the molecule is Cc1ncc(-c2cc(-c3nc4c(-c5ccoc5)cccc4[nH]3)n[nH]2)n1C. The number of aromatic amines is 2. The summed E-state index contributed by atoms with van der Waals surface area (Å²) in [4.78, 5) is 12.5. The van der Waals surface area contributed by atoms with Crippen LogP contribution < -0.4 is 0 Å². The third-order valence-corrected chi connectivity index (χ3v) is 4.66. The maximum Gasteiger partial charge on any atom is 0.159 e. The molecule has 7 heteroatoms. The highest BCUT2D eigenvalue weighted by atomic mass is 16.3. The molecule has 26 heavy (non-hydrogen) atoms. The van der Waals surface area contributed by atoms with E-state index < -0.39 is 0 Å². The molecule has 5 rings (SSSR count). The lowest BCUT2D eigenvalue weighted by molar-refractivity contribution is 0.568. The van der Waals surface area contributed by atoms with Crippen LogP contribution in [0.5, 0.6) is 0 Å². The van der Waals surface area contributed by atoms with Gasteiger partial charge in [-0.05, 0) is 25.1 Å². The minimum atomic E-state index is 0.720. The molecule has 0 aliphatic rings. The number of H-pyrrole nitrogens is 2. The Labute approximate surface area is 148 Å². The van der Waals surface area contributed by atoms with Crippen molar-refractivity contribution in [3.63, 3.8) is 0 Å². The predicted octanol–water partition coefficient (Wildman–Crippen LogP) is 3.92. The molecule has 0 bridgehead atoms. The first-order chi connectivity index (χ1) is 12.7. The molecule has 2 N–H and O–H groups in total. The maximum atomic E-state index is 5.21. The summed E-state index contributed by atoms with van der Waals surface area (Å²) < 4.78 is 7.23. The van der Waals surface area contributed by atoms with E-state index in [-0.39, 0.29) is 0 Å². The van der Waals surface area contributed by atoms with Crippen LogP contribution in [0.15, 0.2) is 53.5 Å². The summed E-state index contributed by atoms with van der Waals surface area (Å²) in [6.45, 7) is 1.97. The smallest absolute Gasteiger partial charge is 0.159 e. The van der Waals surface area contributed by atoms with Crippen molar-refractivity contribution < 1.29 is 4.42 Å². The lowest BCUT2D eigenvalue weighted by Gasteiger charge is -1.99. The molecule has 0 atom stereocenters. The summed E-state index contributed by atoms with van der Waals surface area (Å²) in [5.74, 6) is 1.67. The molecular formula is C19H16N6O. The fourth-order valence-electron chi connectivity index (χ4n) is 3.13. The summed E-state index contributed by atoms with van der Waals surface area (Å²) in [5, 5.41) is 7.50. The zero-order valence-corrected chi connectivity index (χ0v) is 14.3. The van der Waals surface area contributed by atoms with E-state index in [0.717, 1.165) is 50.9 Å². The first-order valence-electron chi connectivity index (χ1n) is 8.26. The molecular weight excluding hydrogens is 328 g/mol. The average molecular weight is 344 g/mol. The number of fused-ring (bicyclic) bond motifs is 1. The van der Waals surface area contributed by atoms with E-state index in [1.807, 2.05) is 55.1 Å². The number of para-hydroxylation sites is 1. The molecule has 1 aromatic carbocycles. The van der Waals surface area contributed by atoms with Crippen molar-refractivity contribution in [2.75, 3.05) is 0 Å². The molecule has 0 fully saturated rings. The summed E-state index contributed by atoms with van der Waals surface area (Å²) in [6, 6.07) is 9.95. The second kappa shape index (κ2) is 5.45. The lowest BCUT2D eigenvalue weighted by atomic mass is 10.1. The average Bonchev–Trinajstić information content (AvgIpc) is 3.42. The number of furan rings is 1. The van der Waals surface area contributed by atoms with Crippen LogP contribution in [0.4, 0.5) is 0 Å². The fourth-order valence-corrected chi connectivity index (χ4v) is 3.13. The van der Waals surface area contributed by atoms with Crippen LogP contribution in [-0.4, -0.2) is 29.7 Å². The summed E-state index contributed by atoms with van der Waals surface area (Å²) in [5.41, 5.74) is 6.52. The van der Waals surface area contributed by atoms with Gasteiger partial charge in [0.1, 0.15) is 11.5 Å². The van der Waals surface area contributed by atoms with E-state index in [1.165, 1.54) is 0 Å². The van der Waals surface area contributed by atoms with Crippen LogP contribution in [0.25, 0.3) is 45.1 Å². The quantitative estimate of drug-likeness (QED) is 0.519. The van der Waals surface area contributed by atoms with Gasteiger partial charge in [-0.1, -0.05) is 12.1 Å². The zero-order chi connectivity index (χ0) is 17.7. The molecule has 0 aliphatic carbocycles. The molecule has 5 aromatic rings. The first kappa shape index (κ1) is 14.7. The number of nitrogens with zero attached hydrogens (tertiary/aromatic N) is 4. The molecule has 0 spiro atoms. The van der Waals surface area contributed by atoms with Crippen LogP contribution in [0.3, 0.4) is 0 Å². The van der Waals surface area contributed by atoms with Crippen molar-refractivity contribution in [1.29, 1.82) is 0 Å². The van der Waals surface area contributed by atoms with Crippen molar-refractivity contribution >= 4 is 11.0 Å². The Morgan fingerprint density at radius 2 is 2.12 bits per heavy atom. The Balaban J connectivity index is 1.60. The van der Waals surface area contributed by atoms with Gasteiger partial charge in [0.15, 0.2) is 5.82 Å². The predicted molar refractivity (Wildman–Crippen MR) is 98.3 cm³/mol. The Kier molecular flexibility index (Phi) is 3.08. The third-order valence-electron chi connectivity index (χ3n) is 4.66. The molecule has 0 aliphatic heterocycles. The van der Waals surface area contributed by atoms with Gasteiger partial charge in [-0.15, -0.1) is 0 Å². The van der Waals surface area contributed by atoms with Gasteiger partial charge in [-0.2, -0.15) is 5.10 Å². The van der Waals surface area contributed by atoms with E-state index in [9.17, 15) is 0 Å². The molecule has 7 nitrogen and oxygen atoms in total. The van der Waals surface area contributed by atoms with E-state index in [4.69, 9.17) is 9.40 Å². The van der Waals surface area contributed by atoms with Gasteiger partial charge in [0.25, 0.3) is 0 Å². The van der Waals surface area contributed by atoms with Crippen LogP contribution in [-0.2, 0) is 7.05 Å². The summed E-state index contributed by atoms with van der Waals surface area (Å²) in [7, 11) is 1.98. The van der Waals surface area contributed by atoms with Gasteiger partial charge in [-0.3, -0.25) is 5.10 Å². The van der Waals surface area contributed by atoms with E-state index in [1.54, 1.807) is 12.5 Å². The van der Waals surface area contributed by atoms with Gasteiger partial charge in [0.05, 0.1) is 41.1 Å². The standard InChI is InChI=1S/C19H16N6O/c1-11-20-9-17(25(11)2)15-8-16(24-23-15)19-21-14-5-3-4-13(18(14)22-19)12-6-7-26-10-12/h3-10H,1-2H3,(H,21,22)(H,23,24). The van der Waals surface area contributed by atoms with Crippen molar-refractivity contribution in [1.82, 2.24) is 29.7 Å². The molecule has 128 valence electrons. The van der Waals surface area contributed by atoms with Gasteiger partial charge >= 0.3 is 0 Å². The van der Waals surface area contributed by atoms with E-state index in [2.05, 4.69) is 20.2 Å². The van der Waals surface area contributed by atoms with E-state index in [0.29, 0.717) is 0 Å². The fraction of sp³-hybridized carbons (Fsp3) is 0.105. The molecule has 4 heterocycles. The van der Waals surface area contributed by atoms with E-state index >= 15 is 0 Å². The number of nitrogens with one attached hydrogen (secondary N) is 2. The molecule has 4 aromatic heterocycles. The molecule has 0 saturated heterocycles. The normalized spacial score (nSPS) is 11.5. The van der Waals surface area contributed by atoms with Gasteiger partial charge in [-0.25, -0.2) is 9.97 Å². The van der Waals surface area contributed by atoms with Crippen molar-refractivity contribution in [2.24, 2.45) is 7.05 Å². The number of rotatable bonds is 3. The monoisotopic (exact) mass is 344 g/mol. The molecule has 0 radical (unpaired) electrons. The van der Waals surface area contributed by atoms with Crippen LogP contribution in [0, 0.1) is 6.92 Å². The van der Waals surface area contributed by atoms with Gasteiger partial charge in [0, 0.05) is 18.2 Å². The van der Waals surface area contributed by atoms with Crippen LogP contribution in [0.2, 0.25) is 0 Å². The van der Waals surface area contributed by atoms with Crippen molar-refractivity contribution in [2.45, 2.75) is 6.92 Å². The molecule has 0 unspecified atom stereocenters. The minimum absolute atomic E-state index is 0.720. The topological polar surface area (TPSA) is 88.3 Å². The number of hydrogen-bond donors (Lipinski definition) is 2. The highest BCUT2D eigenvalue weighted by Gasteiger charge is 2.15. The van der Waals surface area contributed by atoms with Crippen molar-refractivity contribution in [3.8, 4) is 34.0 Å². The number of hydrogen-bond acceptors (Lipinski definition) is 4. The van der Waals surface area contributed by atoms with Crippen LogP contribution in [0.1, 0.15) is 5.82 Å². The number of aryl methyl sites for hydroxylation is 1. The summed E-state index contributed by atoms with van der Waals surface area (Å²) >= 11 is 0.